The molecule has 3 N–H and O–H groups in total. The third kappa shape index (κ3) is 6.64. The number of benzene rings is 4. The Kier molecular flexibility index (Phi) is 8.87. The van der Waals surface area contributed by atoms with Gasteiger partial charge in [0.15, 0.2) is 6.29 Å². The number of likely N-dealkylation sites (N-methyl/N-ethyl adjacent to an activating group) is 1. The van der Waals surface area contributed by atoms with Crippen LogP contribution in [0.15, 0.2) is 103 Å². The number of rotatable bonds is 9. The van der Waals surface area contributed by atoms with Crippen LogP contribution in [-0.4, -0.2) is 29.7 Å². The molecule has 5 heteroatoms. The van der Waals surface area contributed by atoms with E-state index in [1.165, 1.54) is 5.56 Å². The maximum atomic E-state index is 9.51. The number of nitrogens with two attached hydrogens (primary N) is 1. The van der Waals surface area contributed by atoms with Crippen LogP contribution in [0, 0.1) is 5.92 Å². The highest BCUT2D eigenvalue weighted by molar-refractivity contribution is 5.64. The van der Waals surface area contributed by atoms with E-state index in [2.05, 4.69) is 91.7 Å². The van der Waals surface area contributed by atoms with E-state index in [4.69, 9.17) is 15.2 Å². The van der Waals surface area contributed by atoms with Crippen LogP contribution >= 0.6 is 0 Å². The highest BCUT2D eigenvalue weighted by Gasteiger charge is 2.38. The summed E-state index contributed by atoms with van der Waals surface area (Å²) in [5, 5.41) is 9.51. The van der Waals surface area contributed by atoms with Crippen LogP contribution in [0.4, 0.5) is 0 Å². The van der Waals surface area contributed by atoms with Gasteiger partial charge >= 0.3 is 0 Å². The molecule has 5 nitrogen and oxygen atoms in total. The van der Waals surface area contributed by atoms with Crippen molar-refractivity contribution in [2.24, 2.45) is 11.7 Å². The van der Waals surface area contributed by atoms with E-state index in [1.54, 1.807) is 0 Å². The van der Waals surface area contributed by atoms with Gasteiger partial charge in [-0.15, -0.1) is 0 Å². The summed E-state index contributed by atoms with van der Waals surface area (Å²) in [4.78, 5) is 2.32. The van der Waals surface area contributed by atoms with Gasteiger partial charge in [0, 0.05) is 31.1 Å². The zero-order chi connectivity index (χ0) is 27.2. The zero-order valence-corrected chi connectivity index (χ0v) is 22.7. The van der Waals surface area contributed by atoms with Crippen LogP contribution in [0.25, 0.3) is 11.1 Å². The van der Waals surface area contributed by atoms with Gasteiger partial charge in [-0.25, -0.2) is 0 Å². The van der Waals surface area contributed by atoms with Crippen LogP contribution < -0.4 is 5.73 Å². The number of hydrogen-bond acceptors (Lipinski definition) is 5. The SMILES string of the molecule is C[C@H]1[C@@H](CN(C)Cc2ccccc2)O[C@@H](c2ccc(-c3cccc(CN)c3)cc2)O[C@H]1c1ccc(CO)cc1. The lowest BCUT2D eigenvalue weighted by Crippen LogP contribution is -2.43. The van der Waals surface area contributed by atoms with Gasteiger partial charge in [0.1, 0.15) is 0 Å². The fourth-order valence-corrected chi connectivity index (χ4v) is 5.31. The lowest BCUT2D eigenvalue weighted by Gasteiger charge is -2.42. The highest BCUT2D eigenvalue weighted by Crippen LogP contribution is 2.42. The van der Waals surface area contributed by atoms with E-state index in [1.807, 2.05) is 30.3 Å². The van der Waals surface area contributed by atoms with Crippen LogP contribution in [0.2, 0.25) is 0 Å². The quantitative estimate of drug-likeness (QED) is 0.273. The standard InChI is InChI=1S/C34H38N2O3/c1-24-32(22-36(2)21-25-7-4-3-5-8-25)38-34(39-33(24)29-13-11-26(23-37)12-14-29)30-17-15-28(16-18-30)31-10-6-9-27(19-31)20-35/h3-19,24,32-34,37H,20-23,35H2,1-2H3/t24-,32+,33+,34+/m0/s1. The smallest absolute Gasteiger partial charge is 0.184 e. The molecule has 0 amide bonds. The van der Waals surface area contributed by atoms with Gasteiger partial charge in [0.05, 0.1) is 18.8 Å². The van der Waals surface area contributed by atoms with E-state index in [9.17, 15) is 5.11 Å². The maximum Gasteiger partial charge on any atom is 0.184 e. The Hall–Kier alpha value is -3.32. The summed E-state index contributed by atoms with van der Waals surface area (Å²) in [7, 11) is 2.14. The Balaban J connectivity index is 1.38. The number of nitrogens with zero attached hydrogens (tertiary/aromatic N) is 1. The molecule has 0 aliphatic carbocycles. The van der Waals surface area contributed by atoms with Crippen LogP contribution in [0.3, 0.4) is 0 Å². The van der Waals surface area contributed by atoms with Gasteiger partial charge in [0.25, 0.3) is 0 Å². The third-order valence-corrected chi connectivity index (χ3v) is 7.59. The van der Waals surface area contributed by atoms with Crippen molar-refractivity contribution >= 4 is 0 Å². The van der Waals surface area contributed by atoms with Gasteiger partial charge in [-0.1, -0.05) is 104 Å². The fourth-order valence-electron chi connectivity index (χ4n) is 5.31. The predicted molar refractivity (Wildman–Crippen MR) is 156 cm³/mol. The second-order valence-corrected chi connectivity index (χ2v) is 10.5. The summed E-state index contributed by atoms with van der Waals surface area (Å²) in [6, 6.07) is 35.4. The molecule has 0 saturated carbocycles. The average Bonchev–Trinajstić information content (AvgIpc) is 2.99. The predicted octanol–water partition coefficient (Wildman–Crippen LogP) is 6.23. The summed E-state index contributed by atoms with van der Waals surface area (Å²) in [5.74, 6) is 0.137. The van der Waals surface area contributed by atoms with Crippen molar-refractivity contribution in [3.8, 4) is 11.1 Å². The summed E-state index contributed by atoms with van der Waals surface area (Å²) >= 11 is 0. The van der Waals surface area contributed by atoms with Crippen LogP contribution in [0.1, 0.15) is 47.1 Å². The van der Waals surface area contributed by atoms with Gasteiger partial charge in [0.2, 0.25) is 0 Å². The average molecular weight is 523 g/mol. The Labute approximate surface area is 231 Å². The molecule has 0 bridgehead atoms. The van der Waals surface area contributed by atoms with Crippen molar-refractivity contribution in [1.82, 2.24) is 4.90 Å². The topological polar surface area (TPSA) is 68.0 Å². The molecule has 1 aliphatic rings. The zero-order valence-electron chi connectivity index (χ0n) is 22.7. The molecule has 0 unspecified atom stereocenters. The molecule has 1 saturated heterocycles. The second kappa shape index (κ2) is 12.7. The first-order valence-electron chi connectivity index (χ1n) is 13.7. The first kappa shape index (κ1) is 27.3. The summed E-state index contributed by atoms with van der Waals surface area (Å²) < 4.78 is 13.3. The molecule has 4 aromatic carbocycles. The molecule has 0 spiro atoms. The van der Waals surface area contributed by atoms with Gasteiger partial charge in [-0.2, -0.15) is 0 Å². The van der Waals surface area contributed by atoms with Gasteiger partial charge in [-0.3, -0.25) is 4.90 Å². The van der Waals surface area contributed by atoms with Crippen molar-refractivity contribution in [2.75, 3.05) is 13.6 Å². The van der Waals surface area contributed by atoms with Gasteiger partial charge < -0.3 is 20.3 Å². The molecule has 1 heterocycles. The monoisotopic (exact) mass is 522 g/mol. The molecule has 1 fully saturated rings. The van der Waals surface area contributed by atoms with E-state index in [-0.39, 0.29) is 24.7 Å². The number of aliphatic hydroxyl groups excluding tert-OH is 1. The van der Waals surface area contributed by atoms with E-state index < -0.39 is 6.29 Å². The van der Waals surface area contributed by atoms with E-state index in [0.717, 1.165) is 46.5 Å². The summed E-state index contributed by atoms with van der Waals surface area (Å²) in [5.41, 5.74) is 13.5. The lowest BCUT2D eigenvalue weighted by molar-refractivity contribution is -0.276. The van der Waals surface area contributed by atoms with Crippen molar-refractivity contribution in [3.63, 3.8) is 0 Å². The number of ether oxygens (including phenoxy) is 2. The first-order chi connectivity index (χ1) is 19.0. The molecule has 1 aliphatic heterocycles. The minimum absolute atomic E-state index is 0.0270. The third-order valence-electron chi connectivity index (χ3n) is 7.59. The summed E-state index contributed by atoms with van der Waals surface area (Å²) in [6.45, 7) is 4.39. The van der Waals surface area contributed by atoms with Gasteiger partial charge in [-0.05, 0) is 46.5 Å². The molecule has 4 aromatic rings. The van der Waals surface area contributed by atoms with E-state index >= 15 is 0 Å². The Morgan fingerprint density at radius 1 is 0.744 bits per heavy atom. The van der Waals surface area contributed by atoms with Crippen molar-refractivity contribution < 1.29 is 14.6 Å². The fraction of sp³-hybridized carbons (Fsp3) is 0.294. The number of hydrogen-bond donors (Lipinski definition) is 2. The summed E-state index contributed by atoms with van der Waals surface area (Å²) in [6.07, 6.45) is -0.642. The maximum absolute atomic E-state index is 9.51. The normalized spacial score (nSPS) is 21.3. The first-order valence-corrected chi connectivity index (χ1v) is 13.7. The molecule has 202 valence electrons. The van der Waals surface area contributed by atoms with E-state index in [0.29, 0.717) is 6.54 Å². The highest BCUT2D eigenvalue weighted by atomic mass is 16.7. The van der Waals surface area contributed by atoms with Crippen LogP contribution in [0.5, 0.6) is 0 Å². The Morgan fingerprint density at radius 3 is 2.13 bits per heavy atom. The number of aliphatic hydroxyl groups is 1. The minimum atomic E-state index is -0.483. The van der Waals surface area contributed by atoms with Crippen molar-refractivity contribution in [2.45, 2.75) is 45.1 Å². The lowest BCUT2D eigenvalue weighted by atomic mass is 9.90. The largest absolute Gasteiger partial charge is 0.392 e. The van der Waals surface area contributed by atoms with Crippen molar-refractivity contribution in [3.05, 3.63) is 131 Å². The Bertz CT molecular complexity index is 1320. The molecule has 0 aromatic heterocycles. The molecular formula is C34H38N2O3. The molecule has 39 heavy (non-hydrogen) atoms. The molecular weight excluding hydrogens is 484 g/mol. The molecule has 5 rings (SSSR count). The van der Waals surface area contributed by atoms with Crippen molar-refractivity contribution in [1.29, 1.82) is 0 Å². The van der Waals surface area contributed by atoms with Crippen LogP contribution in [-0.2, 0) is 29.2 Å². The second-order valence-electron chi connectivity index (χ2n) is 10.5. The Morgan fingerprint density at radius 2 is 1.44 bits per heavy atom. The molecule has 4 atom stereocenters. The minimum Gasteiger partial charge on any atom is -0.392 e. The molecule has 0 radical (unpaired) electrons.